The molecule has 0 bridgehead atoms. The number of para-hydroxylation sites is 1. The van der Waals surface area contributed by atoms with Gasteiger partial charge in [-0.05, 0) is 68.0 Å². The molecule has 178 valence electrons. The smallest absolute Gasteiger partial charge is 0.251 e. The summed E-state index contributed by atoms with van der Waals surface area (Å²) in [5, 5.41) is 6.09. The second kappa shape index (κ2) is 10.00. The van der Waals surface area contributed by atoms with E-state index in [1.807, 2.05) is 23.1 Å². The number of nitrogens with one attached hydrogen (secondary N) is 2. The van der Waals surface area contributed by atoms with Crippen LogP contribution in [0.4, 0.5) is 11.4 Å². The van der Waals surface area contributed by atoms with Crippen LogP contribution in [0.15, 0.2) is 48.5 Å². The predicted molar refractivity (Wildman–Crippen MR) is 133 cm³/mol. The molecule has 2 atom stereocenters. The van der Waals surface area contributed by atoms with Crippen LogP contribution in [0.25, 0.3) is 0 Å². The van der Waals surface area contributed by atoms with Crippen molar-refractivity contribution in [2.75, 3.05) is 16.8 Å². The Morgan fingerprint density at radius 1 is 0.794 bits per heavy atom. The van der Waals surface area contributed by atoms with E-state index >= 15 is 0 Å². The Balaban J connectivity index is 1.23. The number of benzene rings is 2. The van der Waals surface area contributed by atoms with Crippen LogP contribution >= 0.6 is 0 Å². The number of rotatable bonds is 5. The predicted octanol–water partition coefficient (Wildman–Crippen LogP) is 4.69. The van der Waals surface area contributed by atoms with E-state index in [2.05, 4.69) is 16.7 Å². The zero-order valence-corrected chi connectivity index (χ0v) is 19.6. The Morgan fingerprint density at radius 3 is 2.24 bits per heavy atom. The van der Waals surface area contributed by atoms with Crippen molar-refractivity contribution in [1.29, 1.82) is 0 Å². The number of fused-ring (bicyclic) bond motifs is 1. The second-order valence-corrected chi connectivity index (χ2v) is 9.89. The van der Waals surface area contributed by atoms with Crippen molar-refractivity contribution in [2.45, 2.75) is 63.8 Å². The third-order valence-corrected chi connectivity index (χ3v) is 7.68. The minimum absolute atomic E-state index is 0.0615. The molecule has 2 fully saturated rings. The lowest BCUT2D eigenvalue weighted by Gasteiger charge is -2.32. The van der Waals surface area contributed by atoms with Crippen molar-refractivity contribution in [3.8, 4) is 0 Å². The van der Waals surface area contributed by atoms with Crippen molar-refractivity contribution in [2.24, 2.45) is 11.8 Å². The average molecular weight is 460 g/mol. The highest BCUT2D eigenvalue weighted by Crippen LogP contribution is 2.36. The van der Waals surface area contributed by atoms with Crippen molar-refractivity contribution >= 4 is 29.1 Å². The maximum atomic E-state index is 13.5. The third-order valence-electron chi connectivity index (χ3n) is 7.68. The van der Waals surface area contributed by atoms with Crippen molar-refractivity contribution in [3.05, 3.63) is 59.7 Å². The molecule has 1 aliphatic heterocycles. The molecule has 3 amide bonds. The number of nitrogens with zero attached hydrogens (tertiary/aromatic N) is 1. The zero-order valence-electron chi connectivity index (χ0n) is 19.6. The summed E-state index contributed by atoms with van der Waals surface area (Å²) in [5.41, 5.74) is 3.45. The zero-order chi connectivity index (χ0) is 23.5. The summed E-state index contributed by atoms with van der Waals surface area (Å²) < 4.78 is 0. The summed E-state index contributed by atoms with van der Waals surface area (Å²) in [6, 6.07) is 15.4. The summed E-state index contributed by atoms with van der Waals surface area (Å²) in [6.45, 7) is 0.688. The van der Waals surface area contributed by atoms with E-state index in [-0.39, 0.29) is 35.6 Å². The first-order valence-corrected chi connectivity index (χ1v) is 12.7. The highest BCUT2D eigenvalue weighted by molar-refractivity contribution is 6.02. The van der Waals surface area contributed by atoms with Gasteiger partial charge in [0.2, 0.25) is 11.8 Å². The van der Waals surface area contributed by atoms with Gasteiger partial charge in [-0.2, -0.15) is 0 Å². The molecule has 0 radical (unpaired) electrons. The van der Waals surface area contributed by atoms with Crippen molar-refractivity contribution in [1.82, 2.24) is 5.32 Å². The van der Waals surface area contributed by atoms with E-state index in [0.29, 0.717) is 17.8 Å². The molecule has 1 heterocycles. The van der Waals surface area contributed by atoms with Crippen LogP contribution in [0.2, 0.25) is 0 Å². The normalized spacial score (nSPS) is 22.3. The topological polar surface area (TPSA) is 78.5 Å². The van der Waals surface area contributed by atoms with Gasteiger partial charge in [0, 0.05) is 35.4 Å². The van der Waals surface area contributed by atoms with Crippen LogP contribution in [0.3, 0.4) is 0 Å². The molecule has 6 heteroatoms. The van der Waals surface area contributed by atoms with Crippen LogP contribution in [-0.2, 0) is 16.0 Å². The van der Waals surface area contributed by atoms with Gasteiger partial charge in [-0.15, -0.1) is 0 Å². The maximum absolute atomic E-state index is 13.5. The van der Waals surface area contributed by atoms with Crippen molar-refractivity contribution < 1.29 is 14.4 Å². The van der Waals surface area contributed by atoms with Crippen LogP contribution in [0, 0.1) is 11.8 Å². The van der Waals surface area contributed by atoms with E-state index in [1.165, 1.54) is 18.4 Å². The Hall–Kier alpha value is -3.15. The fourth-order valence-corrected chi connectivity index (χ4v) is 5.79. The number of hydrogen-bond acceptors (Lipinski definition) is 3. The molecular formula is C28H33N3O3. The lowest BCUT2D eigenvalue weighted by Crippen LogP contribution is -2.43. The van der Waals surface area contributed by atoms with Gasteiger partial charge in [-0.25, -0.2) is 0 Å². The largest absolute Gasteiger partial charge is 0.349 e. The first-order valence-electron chi connectivity index (χ1n) is 12.7. The van der Waals surface area contributed by atoms with Gasteiger partial charge in [0.25, 0.3) is 5.91 Å². The molecule has 2 aromatic rings. The van der Waals surface area contributed by atoms with Crippen molar-refractivity contribution in [3.63, 3.8) is 0 Å². The minimum atomic E-state index is -0.334. The summed E-state index contributed by atoms with van der Waals surface area (Å²) in [4.78, 5) is 41.1. The third kappa shape index (κ3) is 4.72. The monoisotopic (exact) mass is 459 g/mol. The Bertz CT molecular complexity index is 1060. The molecule has 0 spiro atoms. The molecule has 2 saturated carbocycles. The van der Waals surface area contributed by atoms with Crippen LogP contribution in [-0.4, -0.2) is 30.3 Å². The van der Waals surface area contributed by atoms with Gasteiger partial charge in [-0.3, -0.25) is 14.4 Å². The molecular weight excluding hydrogens is 426 g/mol. The minimum Gasteiger partial charge on any atom is -0.349 e. The van der Waals surface area contributed by atoms with E-state index in [4.69, 9.17) is 0 Å². The first kappa shape index (κ1) is 22.6. The second-order valence-electron chi connectivity index (χ2n) is 9.89. The van der Waals surface area contributed by atoms with Crippen LogP contribution < -0.4 is 15.5 Å². The number of carbonyl (C=O) groups is 3. The van der Waals surface area contributed by atoms with Gasteiger partial charge in [0.15, 0.2) is 0 Å². The van der Waals surface area contributed by atoms with Crippen LogP contribution in [0.1, 0.15) is 67.3 Å². The molecule has 2 aromatic carbocycles. The number of carbonyl (C=O) groups excluding carboxylic acids is 3. The lowest BCUT2D eigenvalue weighted by atomic mass is 9.77. The molecule has 6 nitrogen and oxygen atoms in total. The summed E-state index contributed by atoms with van der Waals surface area (Å²) in [6.07, 6.45) is 8.70. The van der Waals surface area contributed by atoms with Crippen LogP contribution in [0.5, 0.6) is 0 Å². The number of hydrogen-bond donors (Lipinski definition) is 2. The maximum Gasteiger partial charge on any atom is 0.251 e. The highest BCUT2D eigenvalue weighted by atomic mass is 16.2. The standard InChI is InChI=1S/C28H33N3O3/c32-26(29-21-8-2-3-9-21)20-13-15-22(16-14-20)30-27(33)23-10-4-5-11-24(23)28(34)31-18-17-19-7-1-6-12-25(19)31/h1,6-7,12-16,21,23-24H,2-5,8-11,17-18H2,(H,29,32)(H,30,33)/t23-,24+/m1/s1. The fraction of sp³-hybridized carbons (Fsp3) is 0.464. The molecule has 0 saturated heterocycles. The SMILES string of the molecule is O=C(NC1CCCC1)c1ccc(NC(=O)[C@@H]2CCCC[C@@H]2C(=O)N2CCc3ccccc32)cc1. The molecule has 2 aliphatic carbocycles. The molecule has 2 N–H and O–H groups in total. The average Bonchev–Trinajstić information content (AvgIpc) is 3.54. The molecule has 5 rings (SSSR count). The summed E-state index contributed by atoms with van der Waals surface area (Å²) >= 11 is 0. The summed E-state index contributed by atoms with van der Waals surface area (Å²) in [5.74, 6) is -0.721. The van der Waals surface area contributed by atoms with E-state index in [0.717, 1.165) is 50.6 Å². The fourth-order valence-electron chi connectivity index (χ4n) is 5.79. The van der Waals surface area contributed by atoms with E-state index in [1.54, 1.807) is 24.3 Å². The first-order chi connectivity index (χ1) is 16.6. The Labute approximate surface area is 201 Å². The van der Waals surface area contributed by atoms with Gasteiger partial charge in [0.05, 0.1) is 5.92 Å². The summed E-state index contributed by atoms with van der Waals surface area (Å²) in [7, 11) is 0. The van der Waals surface area contributed by atoms with Gasteiger partial charge < -0.3 is 15.5 Å². The molecule has 3 aliphatic rings. The number of amides is 3. The number of anilines is 2. The van der Waals surface area contributed by atoms with E-state index < -0.39 is 0 Å². The van der Waals surface area contributed by atoms with Gasteiger partial charge in [0.1, 0.15) is 0 Å². The molecule has 0 unspecified atom stereocenters. The molecule has 0 aromatic heterocycles. The molecule has 34 heavy (non-hydrogen) atoms. The quantitative estimate of drug-likeness (QED) is 0.681. The Kier molecular flexibility index (Phi) is 6.66. The van der Waals surface area contributed by atoms with Gasteiger partial charge >= 0.3 is 0 Å². The van der Waals surface area contributed by atoms with E-state index in [9.17, 15) is 14.4 Å². The van der Waals surface area contributed by atoms with Gasteiger partial charge in [-0.1, -0.05) is 43.9 Å². The highest BCUT2D eigenvalue weighted by Gasteiger charge is 2.39. The Morgan fingerprint density at radius 2 is 1.47 bits per heavy atom. The lowest BCUT2D eigenvalue weighted by molar-refractivity contribution is -0.132.